The summed E-state index contributed by atoms with van der Waals surface area (Å²) in [6.45, 7) is 6.59. The molecule has 1 aromatic rings. The second-order valence-corrected chi connectivity index (χ2v) is 8.58. The lowest BCUT2D eigenvalue weighted by molar-refractivity contribution is -0.914. The monoisotopic (exact) mass is 431 g/mol. The zero-order valence-corrected chi connectivity index (χ0v) is 16.9. The topological polar surface area (TPSA) is 57.2 Å². The van der Waals surface area contributed by atoms with Crippen LogP contribution in [0, 0.1) is 29.1 Å². The molecule has 0 amide bonds. The summed E-state index contributed by atoms with van der Waals surface area (Å²) in [6.07, 6.45) is 10.1. The van der Waals surface area contributed by atoms with Crippen molar-refractivity contribution in [2.75, 3.05) is 26.7 Å². The van der Waals surface area contributed by atoms with E-state index in [2.05, 4.69) is 14.0 Å². The van der Waals surface area contributed by atoms with Gasteiger partial charge < -0.3 is 9.04 Å². The predicted octanol–water partition coefficient (Wildman–Crippen LogP) is 4.48. The van der Waals surface area contributed by atoms with Crippen molar-refractivity contribution in [3.63, 3.8) is 0 Å². The fraction of sp³-hybridized carbons (Fsp3) is 0.667. The molecule has 0 atom stereocenters. The summed E-state index contributed by atoms with van der Waals surface area (Å²) in [4.78, 5) is -2.38. The van der Waals surface area contributed by atoms with Crippen molar-refractivity contribution >= 4 is 10.1 Å². The average Bonchev–Trinajstić information content (AvgIpc) is 2.62. The molecule has 4 nitrogen and oxygen atoms in total. The lowest BCUT2D eigenvalue weighted by atomic mass is 10.1. The molecule has 0 N–H and O–H groups in total. The largest absolute Gasteiger partial charge is 0.744 e. The van der Waals surface area contributed by atoms with Gasteiger partial charge in [-0.05, 0) is 32.1 Å². The standard InChI is InChI=1S/C12H26N.C6HF5O3S/c1-3-4-5-7-10-13(2)11-8-6-9-12-13;7-1-2(8)4(10)6(15(12,13)14)5(11)3(1)9/h3-12H2,1-2H3;(H,12,13,14)/q+1;/p-1. The first-order valence-corrected chi connectivity index (χ1v) is 10.7. The maximum absolute atomic E-state index is 12.6. The highest BCUT2D eigenvalue weighted by Gasteiger charge is 2.29. The molecule has 0 aromatic heterocycles. The first-order chi connectivity index (χ1) is 12.9. The number of benzene rings is 1. The normalized spacial score (nSPS) is 16.4. The Kier molecular flexibility index (Phi) is 9.29. The van der Waals surface area contributed by atoms with Crippen molar-refractivity contribution < 1.29 is 39.4 Å². The molecular formula is C18H26F5NO3S. The highest BCUT2D eigenvalue weighted by atomic mass is 32.2. The quantitative estimate of drug-likeness (QED) is 0.167. The fourth-order valence-corrected chi connectivity index (χ4v) is 3.84. The van der Waals surface area contributed by atoms with Crippen molar-refractivity contribution in [3.05, 3.63) is 29.1 Å². The second-order valence-electron chi connectivity index (χ2n) is 7.26. The predicted molar refractivity (Wildman–Crippen MR) is 93.0 cm³/mol. The number of likely N-dealkylation sites (tertiary alicyclic amines) is 1. The highest BCUT2D eigenvalue weighted by molar-refractivity contribution is 7.85. The molecule has 0 unspecified atom stereocenters. The summed E-state index contributed by atoms with van der Waals surface area (Å²) in [5.41, 5.74) is 0. The molecule has 1 saturated heterocycles. The maximum Gasteiger partial charge on any atom is 0.200 e. The molecule has 0 saturated carbocycles. The molecule has 1 aromatic carbocycles. The lowest BCUT2D eigenvalue weighted by Crippen LogP contribution is -2.48. The molecule has 162 valence electrons. The van der Waals surface area contributed by atoms with Crippen LogP contribution in [0.1, 0.15) is 51.9 Å². The molecule has 0 spiro atoms. The molecule has 2 rings (SSSR count). The van der Waals surface area contributed by atoms with E-state index in [1.54, 1.807) is 0 Å². The molecule has 1 fully saturated rings. The SMILES string of the molecule is CCCCCC[N+]1(C)CCCCC1.O=S(=O)([O-])c1c(F)c(F)c(F)c(F)c1F. The Morgan fingerprint density at radius 3 is 1.71 bits per heavy atom. The van der Waals surface area contributed by atoms with Crippen LogP contribution in [0.2, 0.25) is 0 Å². The van der Waals surface area contributed by atoms with Gasteiger partial charge in [-0.1, -0.05) is 19.8 Å². The third-order valence-electron chi connectivity index (χ3n) is 4.87. The van der Waals surface area contributed by atoms with Crippen LogP contribution in [0.5, 0.6) is 0 Å². The van der Waals surface area contributed by atoms with Crippen LogP contribution in [0.25, 0.3) is 0 Å². The van der Waals surface area contributed by atoms with E-state index in [1.165, 1.54) is 69.1 Å². The molecule has 0 bridgehead atoms. The van der Waals surface area contributed by atoms with E-state index in [1.807, 2.05) is 0 Å². The third kappa shape index (κ3) is 6.66. The van der Waals surface area contributed by atoms with E-state index in [0.29, 0.717) is 0 Å². The van der Waals surface area contributed by atoms with Crippen LogP contribution >= 0.6 is 0 Å². The number of unbranched alkanes of at least 4 members (excludes halogenated alkanes) is 3. The van der Waals surface area contributed by atoms with Gasteiger partial charge in [-0.25, -0.2) is 30.4 Å². The number of hydrogen-bond donors (Lipinski definition) is 0. The van der Waals surface area contributed by atoms with Crippen molar-refractivity contribution in [1.29, 1.82) is 0 Å². The summed E-state index contributed by atoms with van der Waals surface area (Å²) < 4.78 is 94.3. The zero-order chi connectivity index (χ0) is 21.5. The molecule has 10 heteroatoms. The first kappa shape index (κ1) is 24.8. The molecule has 0 aliphatic carbocycles. The van der Waals surface area contributed by atoms with Gasteiger partial charge in [0.05, 0.1) is 26.7 Å². The van der Waals surface area contributed by atoms with Crippen LogP contribution in [0.3, 0.4) is 0 Å². The Balaban J connectivity index is 0.000000283. The van der Waals surface area contributed by atoms with Crippen molar-refractivity contribution in [1.82, 2.24) is 0 Å². The molecule has 0 radical (unpaired) electrons. The van der Waals surface area contributed by atoms with Gasteiger partial charge in [0, 0.05) is 0 Å². The minimum atomic E-state index is -5.77. The fourth-order valence-electron chi connectivity index (χ4n) is 3.22. The van der Waals surface area contributed by atoms with Crippen LogP contribution < -0.4 is 0 Å². The summed E-state index contributed by atoms with van der Waals surface area (Å²) in [5, 5.41) is 0. The zero-order valence-electron chi connectivity index (χ0n) is 16.0. The van der Waals surface area contributed by atoms with Crippen LogP contribution in [-0.2, 0) is 10.1 Å². The molecule has 28 heavy (non-hydrogen) atoms. The Labute approximate surface area is 162 Å². The van der Waals surface area contributed by atoms with Gasteiger partial charge in [0.25, 0.3) is 0 Å². The number of nitrogens with zero attached hydrogens (tertiary/aromatic N) is 1. The smallest absolute Gasteiger partial charge is 0.200 e. The summed E-state index contributed by atoms with van der Waals surface area (Å²) in [7, 11) is -3.32. The van der Waals surface area contributed by atoms with Crippen molar-refractivity contribution in [3.8, 4) is 0 Å². The minimum absolute atomic E-state index is 1.36. The third-order valence-corrected chi connectivity index (χ3v) is 5.73. The lowest BCUT2D eigenvalue weighted by Gasteiger charge is -2.37. The van der Waals surface area contributed by atoms with Crippen molar-refractivity contribution in [2.45, 2.75) is 56.8 Å². The van der Waals surface area contributed by atoms with E-state index in [-0.39, 0.29) is 0 Å². The van der Waals surface area contributed by atoms with E-state index in [0.717, 1.165) is 0 Å². The molecule has 1 heterocycles. The van der Waals surface area contributed by atoms with Gasteiger partial charge in [-0.2, -0.15) is 0 Å². The van der Waals surface area contributed by atoms with Gasteiger partial charge in [0.1, 0.15) is 15.0 Å². The summed E-state index contributed by atoms with van der Waals surface area (Å²) in [6, 6.07) is 0. The average molecular weight is 431 g/mol. The van der Waals surface area contributed by atoms with Gasteiger partial charge in [-0.3, -0.25) is 0 Å². The van der Waals surface area contributed by atoms with Gasteiger partial charge in [0.15, 0.2) is 23.3 Å². The summed E-state index contributed by atoms with van der Waals surface area (Å²) >= 11 is 0. The van der Waals surface area contributed by atoms with Crippen LogP contribution in [0.4, 0.5) is 22.0 Å². The van der Waals surface area contributed by atoms with E-state index >= 15 is 0 Å². The molecule has 1 aliphatic rings. The van der Waals surface area contributed by atoms with E-state index in [9.17, 15) is 34.9 Å². The number of piperidine rings is 1. The summed E-state index contributed by atoms with van der Waals surface area (Å²) in [5.74, 6) is -12.8. The van der Waals surface area contributed by atoms with Gasteiger partial charge >= 0.3 is 0 Å². The Morgan fingerprint density at radius 2 is 1.29 bits per heavy atom. The first-order valence-electron chi connectivity index (χ1n) is 9.25. The number of rotatable bonds is 6. The number of halogens is 5. The van der Waals surface area contributed by atoms with E-state index in [4.69, 9.17) is 0 Å². The number of quaternary nitrogens is 1. The Morgan fingerprint density at radius 1 is 0.821 bits per heavy atom. The maximum atomic E-state index is 12.6. The minimum Gasteiger partial charge on any atom is -0.744 e. The molecule has 1 aliphatic heterocycles. The Hall–Kier alpha value is -1.26. The number of hydrogen-bond acceptors (Lipinski definition) is 3. The Bertz CT molecular complexity index is 736. The van der Waals surface area contributed by atoms with Crippen LogP contribution in [0.15, 0.2) is 4.90 Å². The van der Waals surface area contributed by atoms with E-state index < -0.39 is 44.1 Å². The van der Waals surface area contributed by atoms with Gasteiger partial charge in [-0.15, -0.1) is 0 Å². The van der Waals surface area contributed by atoms with Gasteiger partial charge in [0.2, 0.25) is 5.82 Å². The van der Waals surface area contributed by atoms with Crippen LogP contribution in [-0.4, -0.2) is 44.1 Å². The highest BCUT2D eigenvalue weighted by Crippen LogP contribution is 2.26. The second kappa shape index (κ2) is 10.5. The van der Waals surface area contributed by atoms with Crippen molar-refractivity contribution in [2.24, 2.45) is 0 Å². The molecular weight excluding hydrogens is 405 g/mol.